The average Bonchev–Trinajstić information content (AvgIpc) is 3.14. The highest BCUT2D eigenvalue weighted by molar-refractivity contribution is 9.10. The maximum atomic E-state index is 12.3. The van der Waals surface area contributed by atoms with Crippen molar-refractivity contribution in [1.29, 1.82) is 0 Å². The number of hydrogen-bond acceptors (Lipinski definition) is 4. The largest absolute Gasteiger partial charge is 0.459 e. The number of furan rings is 1. The molecule has 0 fully saturated rings. The van der Waals surface area contributed by atoms with Gasteiger partial charge >= 0.3 is 5.91 Å². The highest BCUT2D eigenvalue weighted by atomic mass is 79.9. The van der Waals surface area contributed by atoms with Crippen LogP contribution in [0.15, 0.2) is 80.7 Å². The molecule has 0 aliphatic carbocycles. The van der Waals surface area contributed by atoms with Crippen LogP contribution in [0.4, 0.5) is 0 Å². The van der Waals surface area contributed by atoms with Crippen molar-refractivity contribution in [2.75, 3.05) is 0 Å². The van der Waals surface area contributed by atoms with E-state index in [1.54, 1.807) is 42.1 Å². The Kier molecular flexibility index (Phi) is 6.14. The van der Waals surface area contributed by atoms with E-state index in [-0.39, 0.29) is 5.76 Å². The maximum Gasteiger partial charge on any atom is 0.305 e. The first-order chi connectivity index (χ1) is 12.6. The average molecular weight is 431 g/mol. The van der Waals surface area contributed by atoms with Crippen molar-refractivity contribution >= 4 is 39.5 Å². The van der Waals surface area contributed by atoms with Crippen LogP contribution in [0, 0.1) is 0 Å². The fraction of sp³-hybridized carbons (Fsp3) is 0.0526. The van der Waals surface area contributed by atoms with Gasteiger partial charge in [-0.3, -0.25) is 20.4 Å². The van der Waals surface area contributed by atoms with Gasteiger partial charge in [0.05, 0.1) is 6.26 Å². The van der Waals surface area contributed by atoms with Crippen molar-refractivity contribution in [3.63, 3.8) is 0 Å². The van der Waals surface area contributed by atoms with E-state index in [4.69, 9.17) is 4.42 Å². The molecule has 0 aliphatic heterocycles. The highest BCUT2D eigenvalue weighted by Gasteiger charge is 2.16. The van der Waals surface area contributed by atoms with Crippen LogP contribution in [0.2, 0.25) is 0 Å². The van der Waals surface area contributed by atoms with E-state index in [2.05, 4.69) is 26.8 Å². The van der Waals surface area contributed by atoms with Crippen LogP contribution in [0.5, 0.6) is 0 Å². The molecule has 0 radical (unpaired) electrons. The van der Waals surface area contributed by atoms with Crippen molar-refractivity contribution in [2.45, 2.75) is 10.6 Å². The Hall–Kier alpha value is -2.51. The highest BCUT2D eigenvalue weighted by Crippen LogP contribution is 2.24. The molecule has 2 amide bonds. The lowest BCUT2D eigenvalue weighted by Crippen LogP contribution is -2.41. The van der Waals surface area contributed by atoms with E-state index >= 15 is 0 Å². The zero-order chi connectivity index (χ0) is 18.4. The predicted molar refractivity (Wildman–Crippen MR) is 104 cm³/mol. The molecular weight excluding hydrogens is 416 g/mol. The van der Waals surface area contributed by atoms with E-state index in [1.807, 2.05) is 30.3 Å². The van der Waals surface area contributed by atoms with Gasteiger partial charge in [0.15, 0.2) is 5.76 Å². The zero-order valence-electron chi connectivity index (χ0n) is 13.6. The minimum Gasteiger partial charge on any atom is -0.459 e. The summed E-state index contributed by atoms with van der Waals surface area (Å²) in [4.78, 5) is 25.4. The molecule has 0 saturated carbocycles. The number of carbonyl (C=O) groups is 2. The first-order valence-electron chi connectivity index (χ1n) is 7.74. The van der Waals surface area contributed by atoms with Gasteiger partial charge in [0, 0.05) is 26.2 Å². The second-order valence-corrected chi connectivity index (χ2v) is 7.26. The van der Waals surface area contributed by atoms with Crippen LogP contribution in [0.1, 0.15) is 26.5 Å². The first-order valence-corrected chi connectivity index (χ1v) is 9.52. The summed E-state index contributed by atoms with van der Waals surface area (Å²) in [5.41, 5.74) is 5.97. The molecule has 0 bridgehead atoms. The van der Waals surface area contributed by atoms with Gasteiger partial charge in [-0.2, -0.15) is 0 Å². The van der Waals surface area contributed by atoms with Crippen LogP contribution in [0.25, 0.3) is 0 Å². The minimum atomic E-state index is -0.496. The van der Waals surface area contributed by atoms with Crippen molar-refractivity contribution in [3.05, 3.63) is 88.3 Å². The summed E-state index contributed by atoms with van der Waals surface area (Å²) in [6, 6.07) is 18.4. The summed E-state index contributed by atoms with van der Waals surface area (Å²) >= 11 is 4.91. The Morgan fingerprint density at radius 3 is 2.35 bits per heavy atom. The number of carbonyl (C=O) groups excluding carboxylic acids is 2. The summed E-state index contributed by atoms with van der Waals surface area (Å²) in [7, 11) is 0. The van der Waals surface area contributed by atoms with Crippen LogP contribution in [0.3, 0.4) is 0 Å². The van der Waals surface area contributed by atoms with E-state index in [1.165, 1.54) is 6.26 Å². The number of nitrogens with one attached hydrogen (secondary N) is 2. The molecule has 0 atom stereocenters. The fourth-order valence-corrected chi connectivity index (χ4v) is 3.33. The third kappa shape index (κ3) is 4.77. The fourth-order valence-electron chi connectivity index (χ4n) is 2.17. The first kappa shape index (κ1) is 18.3. The molecule has 0 unspecified atom stereocenters. The monoisotopic (exact) mass is 430 g/mol. The van der Waals surface area contributed by atoms with Crippen molar-refractivity contribution in [1.82, 2.24) is 10.9 Å². The Labute approximate surface area is 163 Å². The molecule has 0 aliphatic rings. The smallest absolute Gasteiger partial charge is 0.305 e. The second-order valence-electron chi connectivity index (χ2n) is 5.29. The lowest BCUT2D eigenvalue weighted by atomic mass is 10.2. The summed E-state index contributed by atoms with van der Waals surface area (Å²) < 4.78 is 6.16. The maximum absolute atomic E-state index is 12.3. The van der Waals surface area contributed by atoms with E-state index in [0.29, 0.717) is 11.3 Å². The predicted octanol–water partition coefficient (Wildman–Crippen LogP) is 4.41. The van der Waals surface area contributed by atoms with Crippen molar-refractivity contribution < 1.29 is 14.0 Å². The number of rotatable bonds is 5. The molecule has 0 spiro atoms. The van der Waals surface area contributed by atoms with Gasteiger partial charge in [0.2, 0.25) is 0 Å². The molecule has 2 N–H and O–H groups in total. The molecule has 3 rings (SSSR count). The Balaban J connectivity index is 1.57. The van der Waals surface area contributed by atoms with Gasteiger partial charge in [0.25, 0.3) is 5.91 Å². The Morgan fingerprint density at radius 1 is 0.923 bits per heavy atom. The molecule has 2 aromatic carbocycles. The van der Waals surface area contributed by atoms with Gasteiger partial charge in [-0.1, -0.05) is 34.1 Å². The lowest BCUT2D eigenvalue weighted by molar-refractivity contribution is 0.0830. The normalized spacial score (nSPS) is 10.3. The van der Waals surface area contributed by atoms with E-state index in [0.717, 1.165) is 14.9 Å². The molecule has 0 saturated heterocycles. The third-order valence-electron chi connectivity index (χ3n) is 3.49. The molecule has 3 aromatic rings. The number of hydrazine groups is 1. The van der Waals surface area contributed by atoms with E-state index < -0.39 is 11.8 Å². The van der Waals surface area contributed by atoms with Gasteiger partial charge in [-0.05, 0) is 42.5 Å². The van der Waals surface area contributed by atoms with Crippen LogP contribution in [-0.2, 0) is 5.75 Å². The van der Waals surface area contributed by atoms with Gasteiger partial charge in [-0.25, -0.2) is 0 Å². The molecule has 5 nitrogen and oxygen atoms in total. The number of halogens is 1. The summed E-state index contributed by atoms with van der Waals surface area (Å²) in [5.74, 6) is -0.129. The second kappa shape index (κ2) is 8.73. The minimum absolute atomic E-state index is 0.185. The van der Waals surface area contributed by atoms with Crippen molar-refractivity contribution in [2.24, 2.45) is 0 Å². The summed E-state index contributed by atoms with van der Waals surface area (Å²) in [6.45, 7) is 0. The molecular formula is C19H15BrN2O3S. The lowest BCUT2D eigenvalue weighted by Gasteiger charge is -2.07. The van der Waals surface area contributed by atoms with Crippen LogP contribution >= 0.6 is 27.7 Å². The van der Waals surface area contributed by atoms with Gasteiger partial charge in [-0.15, -0.1) is 11.8 Å². The standard InChI is InChI=1S/C19H15BrN2O3S/c20-15-8-6-13(7-9-15)18(23)21-22-19(24)17-14(10-11-25-17)12-26-16-4-2-1-3-5-16/h1-11H,12H2,(H,21,23)(H,22,24). The number of benzene rings is 2. The van der Waals surface area contributed by atoms with Gasteiger partial charge < -0.3 is 4.42 Å². The molecule has 132 valence electrons. The number of amides is 2. The Morgan fingerprint density at radius 2 is 1.62 bits per heavy atom. The third-order valence-corrected chi connectivity index (χ3v) is 5.08. The van der Waals surface area contributed by atoms with E-state index in [9.17, 15) is 9.59 Å². The van der Waals surface area contributed by atoms with Crippen LogP contribution < -0.4 is 10.9 Å². The topological polar surface area (TPSA) is 71.3 Å². The molecule has 1 aromatic heterocycles. The molecule has 1 heterocycles. The SMILES string of the molecule is O=C(NNC(=O)c1occc1CSc1ccccc1)c1ccc(Br)cc1. The van der Waals surface area contributed by atoms with Crippen LogP contribution in [-0.4, -0.2) is 11.8 Å². The zero-order valence-corrected chi connectivity index (χ0v) is 16.0. The summed E-state index contributed by atoms with van der Waals surface area (Å²) in [6.07, 6.45) is 1.46. The quantitative estimate of drug-likeness (QED) is 0.464. The number of hydrogen-bond donors (Lipinski definition) is 2. The van der Waals surface area contributed by atoms with Gasteiger partial charge in [0.1, 0.15) is 0 Å². The Bertz CT molecular complexity index is 895. The van der Waals surface area contributed by atoms with Crippen molar-refractivity contribution in [3.8, 4) is 0 Å². The summed E-state index contributed by atoms with van der Waals surface area (Å²) in [5, 5.41) is 0. The number of thioether (sulfide) groups is 1. The molecule has 7 heteroatoms. The molecule has 26 heavy (non-hydrogen) atoms.